The summed E-state index contributed by atoms with van der Waals surface area (Å²) >= 11 is 0. The molecule has 0 radical (unpaired) electrons. The number of rotatable bonds is 7. The van der Waals surface area contributed by atoms with E-state index in [1.807, 2.05) is 14.1 Å². The van der Waals surface area contributed by atoms with Crippen LogP contribution in [0.4, 0.5) is 11.4 Å². The number of para-hydroxylation sites is 1. The zero-order valence-electron chi connectivity index (χ0n) is 15.1. The lowest BCUT2D eigenvalue weighted by molar-refractivity contribution is -0.386. The fraction of sp³-hybridized carbons (Fsp3) is 0.647. The molecule has 1 aliphatic carbocycles. The van der Waals surface area contributed by atoms with Crippen LogP contribution in [0.5, 0.6) is 0 Å². The van der Waals surface area contributed by atoms with Crippen molar-refractivity contribution in [2.45, 2.75) is 43.0 Å². The van der Waals surface area contributed by atoms with E-state index >= 15 is 0 Å². The van der Waals surface area contributed by atoms with E-state index in [4.69, 9.17) is 0 Å². The predicted octanol–water partition coefficient (Wildman–Crippen LogP) is 2.92. The van der Waals surface area contributed by atoms with Gasteiger partial charge in [0.2, 0.25) is 0 Å². The lowest BCUT2D eigenvalue weighted by Crippen LogP contribution is -2.41. The Morgan fingerprint density at radius 2 is 1.92 bits per heavy atom. The van der Waals surface area contributed by atoms with Gasteiger partial charge in [-0.1, -0.05) is 25.3 Å². The highest BCUT2D eigenvalue weighted by Gasteiger charge is 2.29. The van der Waals surface area contributed by atoms with Crippen LogP contribution in [0.15, 0.2) is 23.1 Å². The molecule has 140 valence electrons. The fourth-order valence-electron chi connectivity index (χ4n) is 3.66. The predicted molar refractivity (Wildman–Crippen MR) is 98.7 cm³/mol. The third kappa shape index (κ3) is 4.92. The molecular formula is C17H27N3O4S. The minimum absolute atomic E-state index is 0.249. The lowest BCUT2D eigenvalue weighted by Gasteiger charge is -2.35. The molecule has 1 aliphatic rings. The third-order valence-electron chi connectivity index (χ3n) is 4.94. The Kier molecular flexibility index (Phi) is 6.40. The molecule has 1 aromatic rings. The van der Waals surface area contributed by atoms with Crippen LogP contribution < -0.4 is 5.32 Å². The number of nitrogens with zero attached hydrogens (tertiary/aromatic N) is 2. The number of hydrogen-bond acceptors (Lipinski definition) is 6. The van der Waals surface area contributed by atoms with Crippen LogP contribution in [-0.4, -0.2) is 51.2 Å². The van der Waals surface area contributed by atoms with Crippen molar-refractivity contribution in [2.24, 2.45) is 5.92 Å². The minimum Gasteiger partial charge on any atom is -0.378 e. The summed E-state index contributed by atoms with van der Waals surface area (Å²) in [5, 5.41) is 14.6. The topological polar surface area (TPSA) is 92.6 Å². The normalized spacial score (nSPS) is 17.4. The number of benzene rings is 1. The van der Waals surface area contributed by atoms with Crippen LogP contribution >= 0.6 is 0 Å². The maximum absolute atomic E-state index is 11.9. The van der Waals surface area contributed by atoms with Crippen molar-refractivity contribution in [2.75, 3.05) is 32.2 Å². The molecule has 1 saturated carbocycles. The van der Waals surface area contributed by atoms with Gasteiger partial charge in [-0.25, -0.2) is 8.42 Å². The van der Waals surface area contributed by atoms with Crippen LogP contribution in [0.3, 0.4) is 0 Å². The zero-order valence-corrected chi connectivity index (χ0v) is 15.9. The summed E-state index contributed by atoms with van der Waals surface area (Å²) in [6, 6.07) is 4.64. The number of nitro groups is 1. The number of nitrogens with one attached hydrogen (secondary N) is 1. The monoisotopic (exact) mass is 369 g/mol. The molecule has 0 aromatic heterocycles. The summed E-state index contributed by atoms with van der Waals surface area (Å²) < 4.78 is 23.7. The molecule has 0 bridgehead atoms. The SMILES string of the molecule is CN(C)C(CNc1cccc(S(C)(=O)=O)c1[N+](=O)[O-])C1CCCCC1. The van der Waals surface area contributed by atoms with E-state index in [0.717, 1.165) is 19.1 Å². The molecule has 1 N–H and O–H groups in total. The second kappa shape index (κ2) is 8.14. The zero-order chi connectivity index (χ0) is 18.6. The van der Waals surface area contributed by atoms with E-state index < -0.39 is 14.8 Å². The first kappa shape index (κ1) is 19.7. The summed E-state index contributed by atoms with van der Waals surface area (Å²) in [5.74, 6) is 0.549. The molecule has 0 spiro atoms. The molecule has 1 aromatic carbocycles. The van der Waals surface area contributed by atoms with E-state index in [1.165, 1.54) is 31.4 Å². The van der Waals surface area contributed by atoms with Gasteiger partial charge in [0.25, 0.3) is 0 Å². The highest BCUT2D eigenvalue weighted by Crippen LogP contribution is 2.33. The first-order chi connectivity index (χ1) is 11.7. The minimum atomic E-state index is -3.67. The number of likely N-dealkylation sites (N-methyl/N-ethyl adjacent to an activating group) is 1. The van der Waals surface area contributed by atoms with Gasteiger partial charge in [0, 0.05) is 18.8 Å². The Hall–Kier alpha value is -1.67. The molecule has 7 nitrogen and oxygen atoms in total. The summed E-state index contributed by atoms with van der Waals surface area (Å²) in [4.78, 5) is 12.7. The van der Waals surface area contributed by atoms with Crippen molar-refractivity contribution in [1.82, 2.24) is 4.90 Å². The van der Waals surface area contributed by atoms with Crippen molar-refractivity contribution >= 4 is 21.2 Å². The molecule has 1 unspecified atom stereocenters. The van der Waals surface area contributed by atoms with Gasteiger partial charge in [-0.2, -0.15) is 0 Å². The van der Waals surface area contributed by atoms with Gasteiger partial charge in [0.15, 0.2) is 9.84 Å². The first-order valence-electron chi connectivity index (χ1n) is 8.59. The van der Waals surface area contributed by atoms with Crippen LogP contribution in [0.2, 0.25) is 0 Å². The Labute approximate surface area is 149 Å². The molecule has 0 heterocycles. The molecule has 2 rings (SSSR count). The summed E-state index contributed by atoms with van der Waals surface area (Å²) in [6.45, 7) is 0.547. The molecular weight excluding hydrogens is 342 g/mol. The average Bonchev–Trinajstić information content (AvgIpc) is 2.54. The number of nitro benzene ring substituents is 1. The van der Waals surface area contributed by atoms with Gasteiger partial charge in [0.05, 0.1) is 4.92 Å². The molecule has 8 heteroatoms. The fourth-order valence-corrected chi connectivity index (χ4v) is 4.52. The quantitative estimate of drug-likeness (QED) is 0.587. The average molecular weight is 369 g/mol. The summed E-state index contributed by atoms with van der Waals surface area (Å²) in [7, 11) is 0.364. The van der Waals surface area contributed by atoms with E-state index in [1.54, 1.807) is 6.07 Å². The first-order valence-corrected chi connectivity index (χ1v) is 10.5. The highest BCUT2D eigenvalue weighted by molar-refractivity contribution is 7.90. The van der Waals surface area contributed by atoms with Crippen molar-refractivity contribution in [3.8, 4) is 0 Å². The van der Waals surface area contributed by atoms with Gasteiger partial charge in [-0.3, -0.25) is 10.1 Å². The number of anilines is 1. The van der Waals surface area contributed by atoms with Gasteiger partial charge in [-0.15, -0.1) is 0 Å². The van der Waals surface area contributed by atoms with E-state index in [-0.39, 0.29) is 22.3 Å². The molecule has 1 atom stereocenters. The molecule has 0 aliphatic heterocycles. The Bertz CT molecular complexity index is 713. The maximum Gasteiger partial charge on any atom is 0.310 e. The van der Waals surface area contributed by atoms with Crippen molar-refractivity contribution in [3.63, 3.8) is 0 Å². The Morgan fingerprint density at radius 3 is 2.44 bits per heavy atom. The van der Waals surface area contributed by atoms with Crippen LogP contribution in [0.1, 0.15) is 32.1 Å². The smallest absolute Gasteiger partial charge is 0.310 e. The van der Waals surface area contributed by atoms with E-state index in [2.05, 4.69) is 10.2 Å². The van der Waals surface area contributed by atoms with Crippen LogP contribution in [-0.2, 0) is 9.84 Å². The van der Waals surface area contributed by atoms with Gasteiger partial charge < -0.3 is 10.2 Å². The number of hydrogen-bond donors (Lipinski definition) is 1. The standard InChI is InChI=1S/C17H27N3O4S/c1-19(2)15(13-8-5-4-6-9-13)12-18-14-10-7-11-16(25(3,23)24)17(14)20(21)22/h7,10-11,13,15,18H,4-6,8-9,12H2,1-3H3. The molecule has 0 saturated heterocycles. The Balaban J connectivity index is 2.25. The maximum atomic E-state index is 11.9. The van der Waals surface area contributed by atoms with Gasteiger partial charge in [0.1, 0.15) is 10.6 Å². The van der Waals surface area contributed by atoms with Crippen molar-refractivity contribution < 1.29 is 13.3 Å². The third-order valence-corrected chi connectivity index (χ3v) is 6.07. The van der Waals surface area contributed by atoms with Gasteiger partial charge in [-0.05, 0) is 45.0 Å². The highest BCUT2D eigenvalue weighted by atomic mass is 32.2. The second-order valence-electron chi connectivity index (χ2n) is 6.99. The molecule has 1 fully saturated rings. The summed E-state index contributed by atoms with van der Waals surface area (Å²) in [5.41, 5.74) is -0.110. The summed E-state index contributed by atoms with van der Waals surface area (Å²) in [6.07, 6.45) is 7.03. The van der Waals surface area contributed by atoms with Crippen molar-refractivity contribution in [1.29, 1.82) is 0 Å². The van der Waals surface area contributed by atoms with Crippen LogP contribution in [0, 0.1) is 16.0 Å². The van der Waals surface area contributed by atoms with E-state index in [9.17, 15) is 18.5 Å². The second-order valence-corrected chi connectivity index (χ2v) is 8.98. The van der Waals surface area contributed by atoms with Crippen LogP contribution in [0.25, 0.3) is 0 Å². The van der Waals surface area contributed by atoms with E-state index in [0.29, 0.717) is 12.5 Å². The molecule has 25 heavy (non-hydrogen) atoms. The largest absolute Gasteiger partial charge is 0.378 e. The van der Waals surface area contributed by atoms with Crippen molar-refractivity contribution in [3.05, 3.63) is 28.3 Å². The lowest BCUT2D eigenvalue weighted by atomic mass is 9.83. The Morgan fingerprint density at radius 1 is 1.28 bits per heavy atom. The number of sulfone groups is 1. The van der Waals surface area contributed by atoms with Gasteiger partial charge >= 0.3 is 5.69 Å². The molecule has 0 amide bonds.